The van der Waals surface area contributed by atoms with Gasteiger partial charge in [0.05, 0.1) is 6.04 Å². The number of hydrogen-bond acceptors (Lipinski definition) is 2. The summed E-state index contributed by atoms with van der Waals surface area (Å²) in [6.45, 7) is 6.50. The van der Waals surface area contributed by atoms with Crippen molar-refractivity contribution in [3.63, 3.8) is 0 Å². The Morgan fingerprint density at radius 2 is 1.94 bits per heavy atom. The third kappa shape index (κ3) is 2.90. The molecule has 0 saturated carbocycles. The lowest BCUT2D eigenvalue weighted by molar-refractivity contribution is 0.896. The summed E-state index contributed by atoms with van der Waals surface area (Å²) in [6.07, 6.45) is 0. The molecule has 17 heavy (non-hydrogen) atoms. The van der Waals surface area contributed by atoms with Gasteiger partial charge in [-0.2, -0.15) is 0 Å². The number of hydrogen-bond donors (Lipinski definition) is 1. The van der Waals surface area contributed by atoms with Crippen molar-refractivity contribution in [1.82, 2.24) is 0 Å². The summed E-state index contributed by atoms with van der Waals surface area (Å²) >= 11 is 5.32. The number of thiophene rings is 1. The summed E-state index contributed by atoms with van der Waals surface area (Å²) in [5.41, 5.74) is 3.83. The van der Waals surface area contributed by atoms with Crippen LogP contribution in [0.4, 0.5) is 5.69 Å². The van der Waals surface area contributed by atoms with Crippen molar-refractivity contribution in [2.45, 2.75) is 26.8 Å². The second kappa shape index (κ2) is 5.23. The topological polar surface area (TPSA) is 12.0 Å². The molecule has 0 bridgehead atoms. The van der Waals surface area contributed by atoms with Crippen LogP contribution in [0.1, 0.15) is 29.0 Å². The lowest BCUT2D eigenvalue weighted by Crippen LogP contribution is -2.07. The molecule has 1 nitrogen and oxygen atoms in total. The van der Waals surface area contributed by atoms with Crippen molar-refractivity contribution in [2.75, 3.05) is 5.32 Å². The zero-order valence-corrected chi connectivity index (χ0v) is 12.7. The van der Waals surface area contributed by atoms with Gasteiger partial charge < -0.3 is 5.32 Å². The van der Waals surface area contributed by atoms with Crippen LogP contribution >= 0.6 is 27.3 Å². The highest BCUT2D eigenvalue weighted by Crippen LogP contribution is 2.29. The van der Waals surface area contributed by atoms with Gasteiger partial charge >= 0.3 is 0 Å². The number of aryl methyl sites for hydroxylation is 2. The molecule has 1 aromatic carbocycles. The Balaban J connectivity index is 2.21. The van der Waals surface area contributed by atoms with Crippen LogP contribution in [-0.2, 0) is 0 Å². The van der Waals surface area contributed by atoms with Crippen molar-refractivity contribution in [1.29, 1.82) is 0 Å². The highest BCUT2D eigenvalue weighted by Gasteiger charge is 2.10. The highest BCUT2D eigenvalue weighted by molar-refractivity contribution is 9.10. The first-order chi connectivity index (χ1) is 8.08. The fourth-order valence-corrected chi connectivity index (χ4v) is 3.17. The maximum atomic E-state index is 3.57. The Labute approximate surface area is 115 Å². The molecule has 0 aliphatic carbocycles. The van der Waals surface area contributed by atoms with Crippen molar-refractivity contribution in [3.05, 3.63) is 50.1 Å². The van der Waals surface area contributed by atoms with Crippen LogP contribution in [0, 0.1) is 13.8 Å². The molecule has 0 aliphatic rings. The van der Waals surface area contributed by atoms with Crippen LogP contribution in [0.2, 0.25) is 0 Å². The molecule has 1 aromatic heterocycles. The average molecular weight is 310 g/mol. The minimum atomic E-state index is 0.350. The molecule has 0 radical (unpaired) electrons. The van der Waals surface area contributed by atoms with Crippen LogP contribution < -0.4 is 5.32 Å². The lowest BCUT2D eigenvalue weighted by atomic mass is 10.1. The maximum Gasteiger partial charge on any atom is 0.0581 e. The normalized spacial score (nSPS) is 12.5. The van der Waals surface area contributed by atoms with Crippen molar-refractivity contribution in [3.8, 4) is 0 Å². The van der Waals surface area contributed by atoms with Crippen LogP contribution in [0.5, 0.6) is 0 Å². The summed E-state index contributed by atoms with van der Waals surface area (Å²) in [5.74, 6) is 0. The first-order valence-corrected chi connectivity index (χ1v) is 7.32. The number of anilines is 1. The monoisotopic (exact) mass is 309 g/mol. The van der Waals surface area contributed by atoms with E-state index in [2.05, 4.69) is 71.7 Å². The van der Waals surface area contributed by atoms with Crippen LogP contribution in [0.3, 0.4) is 0 Å². The molecule has 1 heterocycles. The number of benzene rings is 1. The predicted molar refractivity (Wildman–Crippen MR) is 80.0 cm³/mol. The predicted octanol–water partition coefficient (Wildman–Crippen LogP) is 5.30. The summed E-state index contributed by atoms with van der Waals surface area (Å²) in [5, 5.41) is 5.72. The SMILES string of the molecule is Cc1ccc(Br)cc1NC(C)c1sccc1C. The van der Waals surface area contributed by atoms with E-state index in [1.807, 2.05) is 11.3 Å². The van der Waals surface area contributed by atoms with E-state index in [-0.39, 0.29) is 0 Å². The minimum absolute atomic E-state index is 0.350. The minimum Gasteiger partial charge on any atom is -0.377 e. The Kier molecular flexibility index (Phi) is 3.89. The summed E-state index contributed by atoms with van der Waals surface area (Å²) in [6, 6.07) is 8.85. The van der Waals surface area contributed by atoms with Gasteiger partial charge in [-0.1, -0.05) is 22.0 Å². The zero-order valence-electron chi connectivity index (χ0n) is 10.3. The summed E-state index contributed by atoms with van der Waals surface area (Å²) < 4.78 is 1.11. The van der Waals surface area contributed by atoms with E-state index in [0.717, 1.165) is 4.47 Å². The zero-order chi connectivity index (χ0) is 12.4. The molecular formula is C14H16BrNS. The summed E-state index contributed by atoms with van der Waals surface area (Å²) in [4.78, 5) is 1.41. The van der Waals surface area contributed by atoms with Crippen molar-refractivity contribution < 1.29 is 0 Å². The first kappa shape index (κ1) is 12.7. The van der Waals surface area contributed by atoms with Crippen LogP contribution in [0.15, 0.2) is 34.1 Å². The molecule has 0 saturated heterocycles. The molecule has 1 N–H and O–H groups in total. The molecule has 0 amide bonds. The quantitative estimate of drug-likeness (QED) is 0.811. The molecule has 2 aromatic rings. The van der Waals surface area contributed by atoms with Gasteiger partial charge in [0.15, 0.2) is 0 Å². The first-order valence-electron chi connectivity index (χ1n) is 5.64. The van der Waals surface area contributed by atoms with Crippen molar-refractivity contribution in [2.24, 2.45) is 0 Å². The Bertz CT molecular complexity index is 519. The highest BCUT2D eigenvalue weighted by atomic mass is 79.9. The van der Waals surface area contributed by atoms with Gasteiger partial charge in [0, 0.05) is 15.0 Å². The molecule has 90 valence electrons. The van der Waals surface area contributed by atoms with E-state index in [4.69, 9.17) is 0 Å². The van der Waals surface area contributed by atoms with Gasteiger partial charge in [-0.15, -0.1) is 11.3 Å². The van der Waals surface area contributed by atoms with Gasteiger partial charge in [-0.05, 0) is 55.5 Å². The third-order valence-corrected chi connectivity index (χ3v) is 4.56. The van der Waals surface area contributed by atoms with Crippen LogP contribution in [0.25, 0.3) is 0 Å². The molecule has 0 spiro atoms. The van der Waals surface area contributed by atoms with Gasteiger partial charge in [-0.3, -0.25) is 0 Å². The molecule has 0 aliphatic heterocycles. The molecule has 1 unspecified atom stereocenters. The lowest BCUT2D eigenvalue weighted by Gasteiger charge is -2.17. The van der Waals surface area contributed by atoms with E-state index < -0.39 is 0 Å². The fourth-order valence-electron chi connectivity index (χ4n) is 1.88. The average Bonchev–Trinajstić information content (AvgIpc) is 2.70. The van der Waals surface area contributed by atoms with Gasteiger partial charge in [0.25, 0.3) is 0 Å². The molecule has 1 atom stereocenters. The standard InChI is InChI=1S/C14H16BrNS/c1-9-4-5-12(15)8-13(9)16-11(3)14-10(2)6-7-17-14/h4-8,11,16H,1-3H3. The molecule has 3 heteroatoms. The second-order valence-electron chi connectivity index (χ2n) is 4.29. The second-order valence-corrected chi connectivity index (χ2v) is 6.16. The van der Waals surface area contributed by atoms with E-state index in [0.29, 0.717) is 6.04 Å². The van der Waals surface area contributed by atoms with Crippen LogP contribution in [-0.4, -0.2) is 0 Å². The fraction of sp³-hybridized carbons (Fsp3) is 0.286. The largest absolute Gasteiger partial charge is 0.377 e. The Morgan fingerprint density at radius 3 is 2.59 bits per heavy atom. The van der Waals surface area contributed by atoms with Gasteiger partial charge in [0.1, 0.15) is 0 Å². The third-order valence-electron chi connectivity index (χ3n) is 2.87. The Hall–Kier alpha value is -0.800. The van der Waals surface area contributed by atoms with E-state index in [9.17, 15) is 0 Å². The van der Waals surface area contributed by atoms with E-state index in [1.165, 1.54) is 21.7 Å². The molecular weight excluding hydrogens is 294 g/mol. The van der Waals surface area contributed by atoms with Gasteiger partial charge in [-0.25, -0.2) is 0 Å². The Morgan fingerprint density at radius 1 is 1.18 bits per heavy atom. The molecule has 0 fully saturated rings. The van der Waals surface area contributed by atoms with Crippen molar-refractivity contribution >= 4 is 33.0 Å². The smallest absolute Gasteiger partial charge is 0.0581 e. The number of halogens is 1. The maximum absolute atomic E-state index is 3.57. The van der Waals surface area contributed by atoms with E-state index in [1.54, 1.807) is 0 Å². The van der Waals surface area contributed by atoms with Gasteiger partial charge in [0.2, 0.25) is 0 Å². The number of rotatable bonds is 3. The summed E-state index contributed by atoms with van der Waals surface area (Å²) in [7, 11) is 0. The number of nitrogens with one attached hydrogen (secondary N) is 1. The van der Waals surface area contributed by atoms with E-state index >= 15 is 0 Å². The molecule has 2 rings (SSSR count).